The second kappa shape index (κ2) is 9.11. The molecular formula is C23H30N2O3. The highest BCUT2D eigenvalue weighted by molar-refractivity contribution is 5.76. The predicted octanol–water partition coefficient (Wildman–Crippen LogP) is 3.72. The number of ether oxygens (including phenoxy) is 2. The lowest BCUT2D eigenvalue weighted by Crippen LogP contribution is -2.47. The summed E-state index contributed by atoms with van der Waals surface area (Å²) >= 11 is 0. The summed E-state index contributed by atoms with van der Waals surface area (Å²) in [5.74, 6) is 1.54. The molecule has 3 rings (SSSR count). The van der Waals surface area contributed by atoms with Gasteiger partial charge >= 0.3 is 0 Å². The van der Waals surface area contributed by atoms with Crippen molar-refractivity contribution in [2.45, 2.75) is 45.3 Å². The fourth-order valence-electron chi connectivity index (χ4n) is 4.04. The number of hydrogen-bond acceptors (Lipinski definition) is 4. The normalized spacial score (nSPS) is 17.5. The number of methoxy groups -OCH3 is 2. The zero-order valence-corrected chi connectivity index (χ0v) is 17.2. The van der Waals surface area contributed by atoms with Gasteiger partial charge in [-0.1, -0.05) is 37.3 Å². The Bertz CT molecular complexity index is 807. The van der Waals surface area contributed by atoms with Crippen molar-refractivity contribution >= 4 is 5.91 Å². The first-order chi connectivity index (χ1) is 13.6. The van der Waals surface area contributed by atoms with Gasteiger partial charge < -0.3 is 14.8 Å². The number of nitrogens with one attached hydrogen (secondary N) is 1. The minimum Gasteiger partial charge on any atom is -0.493 e. The standard InChI is InChI=1S/C23H30N2O3/c1-5-22(26)24-16(2)23-19-14-21(28-4)20(27-3)13-18(19)11-12-25(23)15-17-9-7-6-8-10-17/h6-10,13-14,16,23H,5,11-12,15H2,1-4H3,(H,24,26)/t16-,23-/m1/s1. The van der Waals surface area contributed by atoms with Crippen LogP contribution in [0.5, 0.6) is 11.5 Å². The number of fused-ring (bicyclic) bond motifs is 1. The van der Waals surface area contributed by atoms with Crippen LogP contribution in [0.2, 0.25) is 0 Å². The molecule has 150 valence electrons. The molecule has 1 heterocycles. The van der Waals surface area contributed by atoms with E-state index in [1.165, 1.54) is 16.7 Å². The molecule has 0 aliphatic carbocycles. The molecule has 0 bridgehead atoms. The molecule has 1 aliphatic rings. The fraction of sp³-hybridized carbons (Fsp3) is 0.435. The lowest BCUT2D eigenvalue weighted by Gasteiger charge is -2.41. The van der Waals surface area contributed by atoms with Crippen LogP contribution in [0.1, 0.15) is 43.0 Å². The molecule has 1 aliphatic heterocycles. The van der Waals surface area contributed by atoms with Crippen LogP contribution in [-0.2, 0) is 17.8 Å². The van der Waals surface area contributed by atoms with Gasteiger partial charge in [-0.05, 0) is 42.2 Å². The Morgan fingerprint density at radius 3 is 2.50 bits per heavy atom. The van der Waals surface area contributed by atoms with Gasteiger partial charge in [0.2, 0.25) is 5.91 Å². The van der Waals surface area contributed by atoms with Crippen molar-refractivity contribution in [3.8, 4) is 11.5 Å². The summed E-state index contributed by atoms with van der Waals surface area (Å²) in [4.78, 5) is 14.5. The van der Waals surface area contributed by atoms with E-state index in [4.69, 9.17) is 9.47 Å². The largest absolute Gasteiger partial charge is 0.493 e. The highest BCUT2D eigenvalue weighted by atomic mass is 16.5. The van der Waals surface area contributed by atoms with Crippen LogP contribution in [0, 0.1) is 0 Å². The zero-order valence-electron chi connectivity index (χ0n) is 17.2. The van der Waals surface area contributed by atoms with E-state index in [1.54, 1.807) is 14.2 Å². The third-order valence-corrected chi connectivity index (χ3v) is 5.44. The Hall–Kier alpha value is -2.53. The molecule has 5 heteroatoms. The molecule has 2 aromatic rings. The fourth-order valence-corrected chi connectivity index (χ4v) is 4.04. The minimum absolute atomic E-state index is 0.0201. The van der Waals surface area contributed by atoms with Crippen molar-refractivity contribution in [3.63, 3.8) is 0 Å². The van der Waals surface area contributed by atoms with Crippen LogP contribution in [-0.4, -0.2) is 37.6 Å². The quantitative estimate of drug-likeness (QED) is 0.793. The van der Waals surface area contributed by atoms with Crippen molar-refractivity contribution < 1.29 is 14.3 Å². The van der Waals surface area contributed by atoms with Crippen molar-refractivity contribution in [2.24, 2.45) is 0 Å². The summed E-state index contributed by atoms with van der Waals surface area (Å²) in [5.41, 5.74) is 3.72. The van der Waals surface area contributed by atoms with E-state index in [0.29, 0.717) is 6.42 Å². The maximum atomic E-state index is 12.1. The maximum Gasteiger partial charge on any atom is 0.219 e. The van der Waals surface area contributed by atoms with E-state index in [-0.39, 0.29) is 18.0 Å². The number of rotatable bonds is 7. The first-order valence-electron chi connectivity index (χ1n) is 9.89. The van der Waals surface area contributed by atoms with Gasteiger partial charge in [0.25, 0.3) is 0 Å². The van der Waals surface area contributed by atoms with E-state index >= 15 is 0 Å². The number of amides is 1. The van der Waals surface area contributed by atoms with Gasteiger partial charge in [0.05, 0.1) is 20.3 Å². The molecule has 2 atom stereocenters. The van der Waals surface area contributed by atoms with E-state index in [1.807, 2.05) is 13.0 Å². The zero-order chi connectivity index (χ0) is 20.1. The van der Waals surface area contributed by atoms with Gasteiger partial charge in [-0.15, -0.1) is 0 Å². The van der Waals surface area contributed by atoms with E-state index in [2.05, 4.69) is 53.5 Å². The van der Waals surface area contributed by atoms with Gasteiger partial charge in [-0.2, -0.15) is 0 Å². The molecular weight excluding hydrogens is 352 g/mol. The highest BCUT2D eigenvalue weighted by Crippen LogP contribution is 2.40. The van der Waals surface area contributed by atoms with Crippen LogP contribution < -0.4 is 14.8 Å². The molecule has 0 unspecified atom stereocenters. The molecule has 0 radical (unpaired) electrons. The Kier molecular flexibility index (Phi) is 6.57. The van der Waals surface area contributed by atoms with E-state index in [9.17, 15) is 4.79 Å². The van der Waals surface area contributed by atoms with Crippen molar-refractivity contribution in [1.29, 1.82) is 0 Å². The monoisotopic (exact) mass is 382 g/mol. The summed E-state index contributed by atoms with van der Waals surface area (Å²) in [7, 11) is 3.32. The average molecular weight is 383 g/mol. The first-order valence-corrected chi connectivity index (χ1v) is 9.89. The second-order valence-electron chi connectivity index (χ2n) is 7.27. The molecule has 0 spiro atoms. The summed E-state index contributed by atoms with van der Waals surface area (Å²) < 4.78 is 11.0. The molecule has 0 saturated heterocycles. The summed E-state index contributed by atoms with van der Waals surface area (Å²) in [6.07, 6.45) is 1.42. The third-order valence-electron chi connectivity index (χ3n) is 5.44. The Labute approximate surface area is 167 Å². The summed E-state index contributed by atoms with van der Waals surface area (Å²) in [6.45, 7) is 5.73. The molecule has 1 amide bonds. The number of hydrogen-bond donors (Lipinski definition) is 1. The molecule has 28 heavy (non-hydrogen) atoms. The van der Waals surface area contributed by atoms with Gasteiger partial charge in [0.1, 0.15) is 0 Å². The van der Waals surface area contributed by atoms with Crippen LogP contribution in [0.25, 0.3) is 0 Å². The molecule has 0 saturated carbocycles. The third kappa shape index (κ3) is 4.30. The first kappa shape index (κ1) is 20.2. The lowest BCUT2D eigenvalue weighted by molar-refractivity contribution is -0.121. The number of carbonyl (C=O) groups excluding carboxylic acids is 1. The minimum atomic E-state index is -0.0201. The highest BCUT2D eigenvalue weighted by Gasteiger charge is 2.33. The SMILES string of the molecule is CCC(=O)N[C@H](C)[C@@H]1c2cc(OC)c(OC)cc2CCN1Cc1ccccc1. The molecule has 1 N–H and O–H groups in total. The topological polar surface area (TPSA) is 50.8 Å². The maximum absolute atomic E-state index is 12.1. The molecule has 2 aromatic carbocycles. The Morgan fingerprint density at radius 1 is 1.18 bits per heavy atom. The number of benzene rings is 2. The van der Waals surface area contributed by atoms with Gasteiger partial charge in [0, 0.05) is 25.6 Å². The van der Waals surface area contributed by atoms with Gasteiger partial charge in [-0.3, -0.25) is 9.69 Å². The number of carbonyl (C=O) groups is 1. The molecule has 5 nitrogen and oxygen atoms in total. The van der Waals surface area contributed by atoms with Crippen molar-refractivity contribution in [3.05, 3.63) is 59.2 Å². The van der Waals surface area contributed by atoms with Crippen molar-refractivity contribution in [1.82, 2.24) is 10.2 Å². The lowest BCUT2D eigenvalue weighted by atomic mass is 9.87. The van der Waals surface area contributed by atoms with E-state index < -0.39 is 0 Å². The van der Waals surface area contributed by atoms with Gasteiger partial charge in [0.15, 0.2) is 11.5 Å². The van der Waals surface area contributed by atoms with Crippen LogP contribution in [0.3, 0.4) is 0 Å². The Morgan fingerprint density at radius 2 is 1.86 bits per heavy atom. The number of nitrogens with zero attached hydrogens (tertiary/aromatic N) is 1. The molecule has 0 fully saturated rings. The van der Waals surface area contributed by atoms with Gasteiger partial charge in [-0.25, -0.2) is 0 Å². The summed E-state index contributed by atoms with van der Waals surface area (Å²) in [6, 6.07) is 14.7. The van der Waals surface area contributed by atoms with Crippen LogP contribution >= 0.6 is 0 Å². The van der Waals surface area contributed by atoms with E-state index in [0.717, 1.165) is 31.0 Å². The van der Waals surface area contributed by atoms with Crippen molar-refractivity contribution in [2.75, 3.05) is 20.8 Å². The summed E-state index contributed by atoms with van der Waals surface area (Å²) in [5, 5.41) is 3.17. The second-order valence-corrected chi connectivity index (χ2v) is 7.27. The predicted molar refractivity (Wildman–Crippen MR) is 111 cm³/mol. The smallest absolute Gasteiger partial charge is 0.219 e. The molecule has 0 aromatic heterocycles. The van der Waals surface area contributed by atoms with Crippen LogP contribution in [0.4, 0.5) is 0 Å². The average Bonchev–Trinajstić information content (AvgIpc) is 2.72. The van der Waals surface area contributed by atoms with Crippen LogP contribution in [0.15, 0.2) is 42.5 Å². The Balaban J connectivity index is 1.99.